The fraction of sp³-hybridized carbons (Fsp3) is 0.333. The molecule has 0 N–H and O–H groups in total. The van der Waals surface area contributed by atoms with Gasteiger partial charge in [0.25, 0.3) is 0 Å². The van der Waals surface area contributed by atoms with Gasteiger partial charge >= 0.3 is 11.9 Å². The summed E-state index contributed by atoms with van der Waals surface area (Å²) in [4.78, 5) is 41.8. The minimum atomic E-state index is -1.35. The van der Waals surface area contributed by atoms with Crippen molar-refractivity contribution < 1.29 is 55.6 Å². The molecular weight excluding hydrogens is 578 g/mol. The highest BCUT2D eigenvalue weighted by atomic mass is 19.2. The van der Waals surface area contributed by atoms with Gasteiger partial charge in [-0.15, -0.1) is 0 Å². The molecule has 0 aliphatic heterocycles. The second-order valence-corrected chi connectivity index (χ2v) is 9.40. The topological polar surface area (TPSA) is 110 Å². The van der Waals surface area contributed by atoms with Crippen LogP contribution in [0.4, 0.5) is 17.6 Å². The maximum atomic E-state index is 14.7. The standard InChI is InChI=1S/C30H29F4NO8/c1-14(13-21(37)26-29(43-16(3)36)22(39-4)11-12-35-26)30(38)42-15(2)23(17-7-9-19(31)24(33)27(17)40-5)18-8-10-20(32)25(34)28(18)41-6/h7-12,14-15,23H,13H2,1-6H3/t14-,15+/m1/s1. The summed E-state index contributed by atoms with van der Waals surface area (Å²) in [7, 11) is 3.47. The van der Waals surface area contributed by atoms with E-state index in [0.29, 0.717) is 0 Å². The van der Waals surface area contributed by atoms with Crippen LogP contribution >= 0.6 is 0 Å². The van der Waals surface area contributed by atoms with Crippen LogP contribution in [-0.4, -0.2) is 50.1 Å². The van der Waals surface area contributed by atoms with E-state index >= 15 is 0 Å². The molecule has 3 aromatic rings. The summed E-state index contributed by atoms with van der Waals surface area (Å²) in [6.07, 6.45) is -0.415. The summed E-state index contributed by atoms with van der Waals surface area (Å²) in [6, 6.07) is 5.32. The van der Waals surface area contributed by atoms with Crippen molar-refractivity contribution in [1.29, 1.82) is 0 Å². The predicted molar refractivity (Wildman–Crippen MR) is 143 cm³/mol. The number of methoxy groups -OCH3 is 3. The number of aromatic nitrogens is 1. The van der Waals surface area contributed by atoms with E-state index in [1.807, 2.05) is 0 Å². The largest absolute Gasteiger partial charge is 0.493 e. The van der Waals surface area contributed by atoms with E-state index in [2.05, 4.69) is 4.98 Å². The van der Waals surface area contributed by atoms with Crippen molar-refractivity contribution in [3.05, 3.63) is 76.6 Å². The SMILES string of the molecule is COc1ccnc(C(=O)C[C@@H](C)C(=O)O[C@@H](C)C(c2ccc(F)c(F)c2OC)c2ccc(F)c(F)c2OC)c1OC(C)=O. The van der Waals surface area contributed by atoms with Crippen LogP contribution in [0.25, 0.3) is 0 Å². The minimum absolute atomic E-state index is 0.0543. The van der Waals surface area contributed by atoms with E-state index in [4.69, 9.17) is 23.7 Å². The Bertz CT molecular complexity index is 1470. The Morgan fingerprint density at radius 1 is 0.791 bits per heavy atom. The number of halogens is 4. The lowest BCUT2D eigenvalue weighted by Gasteiger charge is -2.28. The Kier molecular flexibility index (Phi) is 10.7. The highest BCUT2D eigenvalue weighted by molar-refractivity contribution is 6.00. The molecule has 13 heteroatoms. The monoisotopic (exact) mass is 607 g/mol. The lowest BCUT2D eigenvalue weighted by molar-refractivity contribution is -0.153. The van der Waals surface area contributed by atoms with Gasteiger partial charge < -0.3 is 23.7 Å². The number of rotatable bonds is 12. The minimum Gasteiger partial charge on any atom is -0.493 e. The number of carbonyl (C=O) groups is 3. The number of carbonyl (C=O) groups excluding carboxylic acids is 3. The van der Waals surface area contributed by atoms with E-state index in [0.717, 1.165) is 45.4 Å². The van der Waals surface area contributed by atoms with E-state index < -0.39 is 76.9 Å². The van der Waals surface area contributed by atoms with Crippen molar-refractivity contribution in [3.8, 4) is 23.0 Å². The molecule has 2 atom stereocenters. The molecule has 9 nitrogen and oxygen atoms in total. The van der Waals surface area contributed by atoms with E-state index in [-0.39, 0.29) is 28.3 Å². The van der Waals surface area contributed by atoms with E-state index in [9.17, 15) is 31.9 Å². The third kappa shape index (κ3) is 7.04. The van der Waals surface area contributed by atoms with Crippen LogP contribution in [0.15, 0.2) is 36.5 Å². The summed E-state index contributed by atoms with van der Waals surface area (Å²) in [6.45, 7) is 3.91. The summed E-state index contributed by atoms with van der Waals surface area (Å²) >= 11 is 0. The highest BCUT2D eigenvalue weighted by Gasteiger charge is 2.35. The summed E-state index contributed by atoms with van der Waals surface area (Å²) in [5, 5.41) is 0. The first-order valence-corrected chi connectivity index (χ1v) is 12.8. The van der Waals surface area contributed by atoms with Crippen LogP contribution in [0.3, 0.4) is 0 Å². The summed E-state index contributed by atoms with van der Waals surface area (Å²) < 4.78 is 83.6. The second kappa shape index (κ2) is 14.0. The molecule has 0 radical (unpaired) electrons. The number of esters is 2. The number of hydrogen-bond donors (Lipinski definition) is 0. The first-order chi connectivity index (χ1) is 20.4. The van der Waals surface area contributed by atoms with Crippen molar-refractivity contribution in [2.24, 2.45) is 5.92 Å². The number of ether oxygens (including phenoxy) is 5. The van der Waals surface area contributed by atoms with Crippen LogP contribution in [-0.2, 0) is 14.3 Å². The average Bonchev–Trinajstić information content (AvgIpc) is 2.96. The molecule has 0 aliphatic rings. The molecule has 0 spiro atoms. The van der Waals surface area contributed by atoms with Gasteiger partial charge in [0.1, 0.15) is 6.10 Å². The molecule has 0 aliphatic carbocycles. The zero-order valence-electron chi connectivity index (χ0n) is 24.1. The molecule has 0 saturated heterocycles. The Hall–Kier alpha value is -4.68. The van der Waals surface area contributed by atoms with Gasteiger partial charge in [0.15, 0.2) is 40.4 Å². The molecule has 0 amide bonds. The second-order valence-electron chi connectivity index (χ2n) is 9.40. The van der Waals surface area contributed by atoms with Crippen molar-refractivity contribution in [2.45, 2.75) is 39.2 Å². The zero-order chi connectivity index (χ0) is 32.0. The van der Waals surface area contributed by atoms with E-state index in [1.165, 1.54) is 33.2 Å². The first kappa shape index (κ1) is 32.8. The van der Waals surface area contributed by atoms with Crippen molar-refractivity contribution in [1.82, 2.24) is 4.98 Å². The van der Waals surface area contributed by atoms with Gasteiger partial charge in [-0.25, -0.2) is 13.8 Å². The highest BCUT2D eigenvalue weighted by Crippen LogP contribution is 2.43. The van der Waals surface area contributed by atoms with Crippen molar-refractivity contribution >= 4 is 17.7 Å². The number of benzene rings is 2. The van der Waals surface area contributed by atoms with Crippen molar-refractivity contribution in [3.63, 3.8) is 0 Å². The fourth-order valence-corrected chi connectivity index (χ4v) is 4.53. The number of pyridine rings is 1. The molecule has 1 heterocycles. The smallest absolute Gasteiger partial charge is 0.309 e. The van der Waals surface area contributed by atoms with Gasteiger partial charge in [-0.3, -0.25) is 14.4 Å². The maximum Gasteiger partial charge on any atom is 0.309 e. The Morgan fingerprint density at radius 3 is 1.79 bits per heavy atom. The summed E-state index contributed by atoms with van der Waals surface area (Å²) in [5.74, 6) is -11.0. The quantitative estimate of drug-likeness (QED) is 0.148. The number of Topliss-reactive ketones (excluding diaryl/α,β-unsaturated/α-hetero) is 1. The van der Waals surface area contributed by atoms with E-state index in [1.54, 1.807) is 0 Å². The molecule has 0 bridgehead atoms. The molecule has 3 rings (SSSR count). The van der Waals surface area contributed by atoms with Gasteiger partial charge in [0, 0.05) is 36.7 Å². The van der Waals surface area contributed by atoms with Gasteiger partial charge in [-0.1, -0.05) is 19.1 Å². The van der Waals surface area contributed by atoms with Crippen LogP contribution in [0.2, 0.25) is 0 Å². The molecule has 0 fully saturated rings. The first-order valence-electron chi connectivity index (χ1n) is 12.8. The van der Waals surface area contributed by atoms with Gasteiger partial charge in [-0.2, -0.15) is 8.78 Å². The summed E-state index contributed by atoms with van der Waals surface area (Å²) in [5.41, 5.74) is -0.360. The van der Waals surface area contributed by atoms with Crippen LogP contribution in [0, 0.1) is 29.2 Å². The molecule has 43 heavy (non-hydrogen) atoms. The van der Waals surface area contributed by atoms with Gasteiger partial charge in [0.2, 0.25) is 17.4 Å². The maximum absolute atomic E-state index is 14.7. The van der Waals surface area contributed by atoms with Crippen LogP contribution < -0.4 is 18.9 Å². The lowest BCUT2D eigenvalue weighted by Crippen LogP contribution is -2.28. The Morgan fingerprint density at radius 2 is 1.33 bits per heavy atom. The molecule has 1 aromatic heterocycles. The Labute approximate surface area is 244 Å². The fourth-order valence-electron chi connectivity index (χ4n) is 4.53. The third-order valence-corrected chi connectivity index (χ3v) is 6.50. The molecular formula is C30H29F4NO8. The number of ketones is 1. The number of hydrogen-bond acceptors (Lipinski definition) is 9. The predicted octanol–water partition coefficient (Wildman–Crippen LogP) is 5.56. The molecule has 0 unspecified atom stereocenters. The lowest BCUT2D eigenvalue weighted by atomic mass is 9.85. The molecule has 2 aromatic carbocycles. The molecule has 230 valence electrons. The normalized spacial score (nSPS) is 12.3. The van der Waals surface area contributed by atoms with Crippen LogP contribution in [0.5, 0.6) is 23.0 Å². The Balaban J connectivity index is 1.97. The number of nitrogens with zero attached hydrogens (tertiary/aromatic N) is 1. The molecule has 0 saturated carbocycles. The van der Waals surface area contributed by atoms with Gasteiger partial charge in [-0.05, 0) is 19.1 Å². The van der Waals surface area contributed by atoms with Gasteiger partial charge in [0.05, 0.1) is 33.2 Å². The third-order valence-electron chi connectivity index (χ3n) is 6.50. The zero-order valence-corrected chi connectivity index (χ0v) is 24.1. The van der Waals surface area contributed by atoms with Crippen molar-refractivity contribution in [2.75, 3.05) is 21.3 Å². The average molecular weight is 608 g/mol. The van der Waals surface area contributed by atoms with Crippen LogP contribution in [0.1, 0.15) is 54.7 Å².